The molecule has 13 heavy (non-hydrogen) atoms. The van der Waals surface area contributed by atoms with Crippen LogP contribution in [-0.4, -0.2) is 24.3 Å². The number of hydrogen-bond donors (Lipinski definition) is 2. The van der Waals surface area contributed by atoms with E-state index in [1.165, 1.54) is 0 Å². The summed E-state index contributed by atoms with van der Waals surface area (Å²) in [6.07, 6.45) is 3.79. The molecule has 2 atom stereocenters. The quantitative estimate of drug-likeness (QED) is 0.718. The molecule has 2 unspecified atom stereocenters. The fourth-order valence-electron chi connectivity index (χ4n) is 1.93. The molecule has 1 aromatic rings. The van der Waals surface area contributed by atoms with Crippen molar-refractivity contribution in [1.82, 2.24) is 5.32 Å². The van der Waals surface area contributed by atoms with Gasteiger partial charge in [0.15, 0.2) is 0 Å². The maximum absolute atomic E-state index is 9.01. The molecule has 1 aromatic heterocycles. The molecular formula is C10H15NO2. The van der Waals surface area contributed by atoms with Crippen molar-refractivity contribution in [2.75, 3.05) is 13.2 Å². The van der Waals surface area contributed by atoms with E-state index in [1.54, 1.807) is 6.26 Å². The molecule has 1 aliphatic rings. The van der Waals surface area contributed by atoms with Gasteiger partial charge in [-0.1, -0.05) is 0 Å². The van der Waals surface area contributed by atoms with Crippen molar-refractivity contribution in [2.24, 2.45) is 0 Å². The fourth-order valence-corrected chi connectivity index (χ4v) is 1.93. The van der Waals surface area contributed by atoms with Crippen LogP contribution in [0.2, 0.25) is 0 Å². The summed E-state index contributed by atoms with van der Waals surface area (Å²) in [5, 5.41) is 12.3. The van der Waals surface area contributed by atoms with Gasteiger partial charge < -0.3 is 14.8 Å². The molecule has 0 amide bonds. The molecule has 2 rings (SSSR count). The fraction of sp³-hybridized carbons (Fsp3) is 0.600. The molecule has 3 nitrogen and oxygen atoms in total. The normalized spacial score (nSPS) is 29.0. The van der Waals surface area contributed by atoms with E-state index in [9.17, 15) is 0 Å². The zero-order valence-corrected chi connectivity index (χ0v) is 7.57. The van der Waals surface area contributed by atoms with Crippen LogP contribution < -0.4 is 5.32 Å². The molecule has 0 bridgehead atoms. The Bertz CT molecular complexity index is 245. The molecule has 0 radical (unpaired) electrons. The van der Waals surface area contributed by atoms with Gasteiger partial charge in [-0.05, 0) is 31.5 Å². The van der Waals surface area contributed by atoms with Gasteiger partial charge in [0.05, 0.1) is 12.9 Å². The highest BCUT2D eigenvalue weighted by molar-refractivity contribution is 5.07. The van der Waals surface area contributed by atoms with Gasteiger partial charge in [-0.3, -0.25) is 0 Å². The van der Waals surface area contributed by atoms with Crippen LogP contribution in [-0.2, 0) is 0 Å². The molecule has 1 saturated heterocycles. The summed E-state index contributed by atoms with van der Waals surface area (Å²) in [6, 6.07) is 4.18. The lowest BCUT2D eigenvalue weighted by molar-refractivity contribution is 0.204. The third-order valence-corrected chi connectivity index (χ3v) is 2.66. The molecule has 0 aliphatic carbocycles. The minimum atomic E-state index is 0.219. The Morgan fingerprint density at radius 2 is 2.54 bits per heavy atom. The SMILES string of the molecule is OCC1CC(c2ccco2)CCN1. The van der Waals surface area contributed by atoms with Gasteiger partial charge in [-0.25, -0.2) is 0 Å². The summed E-state index contributed by atoms with van der Waals surface area (Å²) in [5.41, 5.74) is 0. The van der Waals surface area contributed by atoms with E-state index in [4.69, 9.17) is 9.52 Å². The predicted octanol–water partition coefficient (Wildman–Crippen LogP) is 1.11. The Balaban J connectivity index is 2.00. The maximum Gasteiger partial charge on any atom is 0.106 e. The molecule has 1 aliphatic heterocycles. The highest BCUT2D eigenvalue weighted by atomic mass is 16.3. The smallest absolute Gasteiger partial charge is 0.106 e. The summed E-state index contributed by atoms with van der Waals surface area (Å²) in [7, 11) is 0. The second-order valence-corrected chi connectivity index (χ2v) is 3.57. The van der Waals surface area contributed by atoms with Gasteiger partial charge in [0.2, 0.25) is 0 Å². The van der Waals surface area contributed by atoms with Gasteiger partial charge in [0.25, 0.3) is 0 Å². The van der Waals surface area contributed by atoms with Crippen molar-refractivity contribution < 1.29 is 9.52 Å². The number of nitrogens with one attached hydrogen (secondary N) is 1. The highest BCUT2D eigenvalue weighted by Crippen LogP contribution is 2.27. The summed E-state index contributed by atoms with van der Waals surface area (Å²) >= 11 is 0. The van der Waals surface area contributed by atoms with E-state index in [1.807, 2.05) is 12.1 Å². The van der Waals surface area contributed by atoms with Crippen LogP contribution in [0.5, 0.6) is 0 Å². The third kappa shape index (κ3) is 1.92. The third-order valence-electron chi connectivity index (χ3n) is 2.66. The van der Waals surface area contributed by atoms with E-state index in [-0.39, 0.29) is 12.6 Å². The number of furan rings is 1. The zero-order valence-electron chi connectivity index (χ0n) is 7.57. The van der Waals surface area contributed by atoms with Crippen LogP contribution >= 0.6 is 0 Å². The van der Waals surface area contributed by atoms with Crippen molar-refractivity contribution >= 4 is 0 Å². The average Bonchev–Trinajstić information content (AvgIpc) is 2.71. The van der Waals surface area contributed by atoms with E-state index in [0.29, 0.717) is 5.92 Å². The Morgan fingerprint density at radius 1 is 1.62 bits per heavy atom. The minimum Gasteiger partial charge on any atom is -0.469 e. The molecule has 72 valence electrons. The second-order valence-electron chi connectivity index (χ2n) is 3.57. The summed E-state index contributed by atoms with van der Waals surface area (Å²) in [6.45, 7) is 1.19. The number of aliphatic hydroxyl groups is 1. The van der Waals surface area contributed by atoms with Gasteiger partial charge >= 0.3 is 0 Å². The highest BCUT2D eigenvalue weighted by Gasteiger charge is 2.23. The monoisotopic (exact) mass is 181 g/mol. The van der Waals surface area contributed by atoms with Crippen LogP contribution in [0.15, 0.2) is 22.8 Å². The van der Waals surface area contributed by atoms with Crippen LogP contribution in [0, 0.1) is 0 Å². The van der Waals surface area contributed by atoms with E-state index in [2.05, 4.69) is 5.32 Å². The maximum atomic E-state index is 9.01. The van der Waals surface area contributed by atoms with Crippen LogP contribution in [0.25, 0.3) is 0 Å². The van der Waals surface area contributed by atoms with Crippen molar-refractivity contribution in [3.8, 4) is 0 Å². The molecule has 2 heterocycles. The summed E-state index contributed by atoms with van der Waals surface area (Å²) in [5.74, 6) is 1.54. The van der Waals surface area contributed by atoms with E-state index < -0.39 is 0 Å². The first-order valence-electron chi connectivity index (χ1n) is 4.78. The molecular weight excluding hydrogens is 166 g/mol. The van der Waals surface area contributed by atoms with Crippen molar-refractivity contribution in [2.45, 2.75) is 24.8 Å². The van der Waals surface area contributed by atoms with Crippen molar-refractivity contribution in [1.29, 1.82) is 0 Å². The Morgan fingerprint density at radius 3 is 3.23 bits per heavy atom. The standard InChI is InChI=1S/C10H15NO2/c12-7-9-6-8(3-4-11-9)10-2-1-5-13-10/h1-2,5,8-9,11-12H,3-4,6-7H2. The van der Waals surface area contributed by atoms with Gasteiger partial charge in [0, 0.05) is 12.0 Å². The Kier molecular flexibility index (Phi) is 2.66. The number of piperidine rings is 1. The topological polar surface area (TPSA) is 45.4 Å². The first-order valence-corrected chi connectivity index (χ1v) is 4.78. The number of hydrogen-bond acceptors (Lipinski definition) is 3. The first-order chi connectivity index (χ1) is 6.40. The minimum absolute atomic E-state index is 0.219. The molecule has 2 N–H and O–H groups in total. The lowest BCUT2D eigenvalue weighted by atomic mass is 9.91. The lowest BCUT2D eigenvalue weighted by Crippen LogP contribution is -2.39. The second kappa shape index (κ2) is 3.94. The molecule has 0 aromatic carbocycles. The predicted molar refractivity (Wildman–Crippen MR) is 49.6 cm³/mol. The van der Waals surface area contributed by atoms with Gasteiger partial charge in [-0.15, -0.1) is 0 Å². The summed E-state index contributed by atoms with van der Waals surface area (Å²) < 4.78 is 5.36. The van der Waals surface area contributed by atoms with Crippen LogP contribution in [0.4, 0.5) is 0 Å². The molecule has 1 fully saturated rings. The van der Waals surface area contributed by atoms with Crippen LogP contribution in [0.1, 0.15) is 24.5 Å². The molecule has 3 heteroatoms. The largest absolute Gasteiger partial charge is 0.469 e. The van der Waals surface area contributed by atoms with Crippen molar-refractivity contribution in [3.05, 3.63) is 24.2 Å². The first kappa shape index (κ1) is 8.78. The Hall–Kier alpha value is -0.800. The lowest BCUT2D eigenvalue weighted by Gasteiger charge is -2.27. The molecule has 0 saturated carbocycles. The average molecular weight is 181 g/mol. The number of aliphatic hydroxyl groups excluding tert-OH is 1. The van der Waals surface area contributed by atoms with Crippen molar-refractivity contribution in [3.63, 3.8) is 0 Å². The van der Waals surface area contributed by atoms with Gasteiger partial charge in [-0.2, -0.15) is 0 Å². The number of rotatable bonds is 2. The summed E-state index contributed by atoms with van der Waals surface area (Å²) in [4.78, 5) is 0. The zero-order chi connectivity index (χ0) is 9.10. The van der Waals surface area contributed by atoms with Gasteiger partial charge in [0.1, 0.15) is 5.76 Å². The Labute approximate surface area is 77.8 Å². The van der Waals surface area contributed by atoms with Crippen LogP contribution in [0.3, 0.4) is 0 Å². The molecule has 0 spiro atoms. The van der Waals surface area contributed by atoms with E-state index >= 15 is 0 Å². The van der Waals surface area contributed by atoms with E-state index in [0.717, 1.165) is 25.1 Å².